The molecule has 4 aromatic rings. The minimum absolute atomic E-state index is 0.0316. The van der Waals surface area contributed by atoms with E-state index in [0.717, 1.165) is 64.4 Å². The summed E-state index contributed by atoms with van der Waals surface area (Å²) in [6, 6.07) is 27.7. The number of rotatable bonds is 12. The maximum atomic E-state index is 14.6. The molecule has 1 N–H and O–H groups in total. The summed E-state index contributed by atoms with van der Waals surface area (Å²) >= 11 is 0. The van der Waals surface area contributed by atoms with Gasteiger partial charge in [-0.1, -0.05) is 85.1 Å². The molecular weight excluding hydrogens is 601 g/mol. The minimum Gasteiger partial charge on any atom is -0.352 e. The summed E-state index contributed by atoms with van der Waals surface area (Å²) in [6.45, 7) is 3.38. The van der Waals surface area contributed by atoms with Crippen molar-refractivity contribution in [1.82, 2.24) is 10.2 Å². The summed E-state index contributed by atoms with van der Waals surface area (Å²) in [5, 5.41) is 3.19. The molecule has 0 radical (unpaired) electrons. The highest BCUT2D eigenvalue weighted by Gasteiger charge is 2.35. The molecule has 1 saturated carbocycles. The number of anilines is 1. The van der Waals surface area contributed by atoms with Crippen LogP contribution < -0.4 is 9.62 Å². The standard InChI is InChI=1S/C37H40FN3O4S/c1-27-16-20-33(21-17-27)41(46(44,45)34-22-18-31(38)19-23-34)26-36(42)40(25-30-13-7-6-10-28(30)2)35(24-29-11-4-3-5-12-29)37(43)39-32-14-8-9-15-32/h3-7,10-13,16-23,32,35H,8-9,14-15,24-26H2,1-2H3,(H,39,43)/t35-/m0/s1. The molecule has 5 rings (SSSR count). The van der Waals surface area contributed by atoms with Crippen molar-refractivity contribution in [3.8, 4) is 0 Å². The van der Waals surface area contributed by atoms with Gasteiger partial charge in [0.2, 0.25) is 11.8 Å². The number of hydrogen-bond acceptors (Lipinski definition) is 4. The molecule has 2 amide bonds. The van der Waals surface area contributed by atoms with Gasteiger partial charge in [-0.3, -0.25) is 13.9 Å². The van der Waals surface area contributed by atoms with Crippen LogP contribution >= 0.6 is 0 Å². The molecule has 0 aliphatic heterocycles. The predicted octanol–water partition coefficient (Wildman–Crippen LogP) is 6.34. The maximum absolute atomic E-state index is 14.6. The Hall–Kier alpha value is -4.50. The third kappa shape index (κ3) is 8.01. The lowest BCUT2D eigenvalue weighted by molar-refractivity contribution is -0.140. The summed E-state index contributed by atoms with van der Waals surface area (Å²) in [5.41, 5.74) is 3.89. The lowest BCUT2D eigenvalue weighted by Crippen LogP contribution is -2.54. The molecule has 0 aromatic heterocycles. The number of carbonyl (C=O) groups excluding carboxylic acids is 2. The van der Waals surface area contributed by atoms with Crippen LogP contribution in [0.5, 0.6) is 0 Å². The summed E-state index contributed by atoms with van der Waals surface area (Å²) in [7, 11) is -4.30. The number of aryl methyl sites for hydroxylation is 2. The second-order valence-corrected chi connectivity index (χ2v) is 13.8. The highest BCUT2D eigenvalue weighted by atomic mass is 32.2. The van der Waals surface area contributed by atoms with E-state index in [9.17, 15) is 22.4 Å². The van der Waals surface area contributed by atoms with E-state index in [1.807, 2.05) is 68.4 Å². The fraction of sp³-hybridized carbons (Fsp3) is 0.297. The molecule has 1 aliphatic carbocycles. The van der Waals surface area contributed by atoms with Crippen LogP contribution in [0.4, 0.5) is 10.1 Å². The molecule has 240 valence electrons. The van der Waals surface area contributed by atoms with Crippen LogP contribution in [0.25, 0.3) is 0 Å². The smallest absolute Gasteiger partial charge is 0.264 e. The van der Waals surface area contributed by atoms with Gasteiger partial charge in [0.25, 0.3) is 10.0 Å². The number of benzene rings is 4. The Morgan fingerprint density at radius 1 is 0.848 bits per heavy atom. The topological polar surface area (TPSA) is 86.8 Å². The van der Waals surface area contributed by atoms with Crippen molar-refractivity contribution < 1.29 is 22.4 Å². The highest BCUT2D eigenvalue weighted by Crippen LogP contribution is 2.26. The summed E-state index contributed by atoms with van der Waals surface area (Å²) in [4.78, 5) is 30.1. The molecule has 0 spiro atoms. The van der Waals surface area contributed by atoms with Crippen LogP contribution in [0.2, 0.25) is 0 Å². The number of nitrogens with zero attached hydrogens (tertiary/aromatic N) is 2. The monoisotopic (exact) mass is 641 g/mol. The summed E-state index contributed by atoms with van der Waals surface area (Å²) in [5.74, 6) is -1.36. The van der Waals surface area contributed by atoms with E-state index in [2.05, 4.69) is 5.32 Å². The van der Waals surface area contributed by atoms with Crippen molar-refractivity contribution in [3.05, 3.63) is 131 Å². The number of amides is 2. The molecule has 4 aromatic carbocycles. The van der Waals surface area contributed by atoms with Crippen LogP contribution in [0, 0.1) is 19.7 Å². The van der Waals surface area contributed by atoms with Gasteiger partial charge in [-0.25, -0.2) is 12.8 Å². The molecule has 0 unspecified atom stereocenters. The minimum atomic E-state index is -4.30. The predicted molar refractivity (Wildman–Crippen MR) is 178 cm³/mol. The van der Waals surface area contributed by atoms with Gasteiger partial charge in [-0.05, 0) is 79.8 Å². The van der Waals surface area contributed by atoms with E-state index in [4.69, 9.17) is 0 Å². The zero-order chi connectivity index (χ0) is 32.7. The van der Waals surface area contributed by atoms with Crippen molar-refractivity contribution in [1.29, 1.82) is 0 Å². The number of carbonyl (C=O) groups is 2. The van der Waals surface area contributed by atoms with Crippen LogP contribution in [0.1, 0.15) is 47.9 Å². The third-order valence-electron chi connectivity index (χ3n) is 8.58. The quantitative estimate of drug-likeness (QED) is 0.196. The molecule has 0 heterocycles. The van der Waals surface area contributed by atoms with Crippen molar-refractivity contribution >= 4 is 27.5 Å². The fourth-order valence-corrected chi connectivity index (χ4v) is 7.28. The van der Waals surface area contributed by atoms with Crippen molar-refractivity contribution in [2.24, 2.45) is 0 Å². The Kier molecular flexibility index (Phi) is 10.5. The Labute approximate surface area is 271 Å². The van der Waals surface area contributed by atoms with E-state index >= 15 is 0 Å². The zero-order valence-corrected chi connectivity index (χ0v) is 27.0. The molecule has 1 aliphatic rings. The Morgan fingerprint density at radius 2 is 1.48 bits per heavy atom. The first kappa shape index (κ1) is 32.9. The van der Waals surface area contributed by atoms with Crippen molar-refractivity contribution in [3.63, 3.8) is 0 Å². The number of halogens is 1. The van der Waals surface area contributed by atoms with E-state index in [1.54, 1.807) is 24.3 Å². The lowest BCUT2D eigenvalue weighted by atomic mass is 10.0. The van der Waals surface area contributed by atoms with Gasteiger partial charge in [0, 0.05) is 19.0 Å². The molecule has 1 fully saturated rings. The molecular formula is C37H40FN3O4S. The molecule has 1 atom stereocenters. The van der Waals surface area contributed by atoms with Gasteiger partial charge in [-0.15, -0.1) is 0 Å². The van der Waals surface area contributed by atoms with Crippen LogP contribution in [-0.4, -0.2) is 43.8 Å². The lowest BCUT2D eigenvalue weighted by Gasteiger charge is -2.34. The first-order valence-electron chi connectivity index (χ1n) is 15.6. The summed E-state index contributed by atoms with van der Waals surface area (Å²) in [6.07, 6.45) is 4.09. The number of sulfonamides is 1. The number of hydrogen-bond donors (Lipinski definition) is 1. The van der Waals surface area contributed by atoms with Gasteiger partial charge in [0.15, 0.2) is 0 Å². The van der Waals surface area contributed by atoms with Crippen LogP contribution in [0.3, 0.4) is 0 Å². The average Bonchev–Trinajstić information content (AvgIpc) is 3.56. The SMILES string of the molecule is Cc1ccc(N(CC(=O)N(Cc2ccccc2C)[C@@H](Cc2ccccc2)C(=O)NC2CCCC2)S(=O)(=O)c2ccc(F)cc2)cc1. The zero-order valence-electron chi connectivity index (χ0n) is 26.2. The second-order valence-electron chi connectivity index (χ2n) is 11.9. The van der Waals surface area contributed by atoms with Gasteiger partial charge in [-0.2, -0.15) is 0 Å². The van der Waals surface area contributed by atoms with Gasteiger partial charge >= 0.3 is 0 Å². The summed E-state index contributed by atoms with van der Waals surface area (Å²) < 4.78 is 43.0. The average molecular weight is 642 g/mol. The normalized spacial score (nSPS) is 14.1. The molecule has 0 bridgehead atoms. The molecule has 0 saturated heterocycles. The maximum Gasteiger partial charge on any atom is 0.264 e. The van der Waals surface area contributed by atoms with Gasteiger partial charge in [0.1, 0.15) is 18.4 Å². The van der Waals surface area contributed by atoms with E-state index in [-0.39, 0.29) is 35.5 Å². The third-order valence-corrected chi connectivity index (χ3v) is 10.4. The van der Waals surface area contributed by atoms with Crippen LogP contribution in [0.15, 0.2) is 108 Å². The van der Waals surface area contributed by atoms with Gasteiger partial charge in [0.05, 0.1) is 10.6 Å². The van der Waals surface area contributed by atoms with Crippen molar-refractivity contribution in [2.75, 3.05) is 10.8 Å². The van der Waals surface area contributed by atoms with E-state index in [1.165, 1.54) is 17.0 Å². The van der Waals surface area contributed by atoms with E-state index < -0.39 is 34.3 Å². The fourth-order valence-electron chi connectivity index (χ4n) is 5.87. The molecule has 46 heavy (non-hydrogen) atoms. The number of nitrogens with one attached hydrogen (secondary N) is 1. The Balaban J connectivity index is 1.57. The largest absolute Gasteiger partial charge is 0.352 e. The van der Waals surface area contributed by atoms with Crippen molar-refractivity contribution in [2.45, 2.75) is 69.5 Å². The van der Waals surface area contributed by atoms with Gasteiger partial charge < -0.3 is 10.2 Å². The Bertz CT molecular complexity index is 1740. The first-order valence-corrected chi connectivity index (χ1v) is 17.1. The molecule has 7 nitrogen and oxygen atoms in total. The highest BCUT2D eigenvalue weighted by molar-refractivity contribution is 7.92. The second kappa shape index (κ2) is 14.7. The first-order chi connectivity index (χ1) is 22.1. The van der Waals surface area contributed by atoms with E-state index in [0.29, 0.717) is 0 Å². The molecule has 9 heteroatoms. The van der Waals surface area contributed by atoms with Crippen LogP contribution in [-0.2, 0) is 32.6 Å². The Morgan fingerprint density at radius 3 is 2.13 bits per heavy atom.